The molecule has 1 saturated heterocycles. The van der Waals surface area contributed by atoms with Crippen molar-refractivity contribution in [2.24, 2.45) is 5.92 Å². The van der Waals surface area contributed by atoms with Gasteiger partial charge in [0.05, 0.1) is 0 Å². The number of anilines is 1. The molecule has 0 radical (unpaired) electrons. The van der Waals surface area contributed by atoms with Crippen LogP contribution in [-0.2, 0) is 11.2 Å². The Balaban J connectivity index is 1.39. The van der Waals surface area contributed by atoms with Gasteiger partial charge in [0.15, 0.2) is 0 Å². The highest BCUT2D eigenvalue weighted by atomic mass is 16.2. The van der Waals surface area contributed by atoms with Crippen LogP contribution in [0.4, 0.5) is 5.69 Å². The Morgan fingerprint density at radius 3 is 2.90 bits per heavy atom. The van der Waals surface area contributed by atoms with Crippen molar-refractivity contribution >= 4 is 22.6 Å². The number of benzene rings is 1. The summed E-state index contributed by atoms with van der Waals surface area (Å²) in [7, 11) is 2.15. The van der Waals surface area contributed by atoms with Crippen molar-refractivity contribution in [1.82, 2.24) is 14.9 Å². The van der Waals surface area contributed by atoms with Gasteiger partial charge in [-0.05, 0) is 42.9 Å². The number of hydrogen-bond donors (Lipinski definition) is 1. The number of aromatic amines is 1. The van der Waals surface area contributed by atoms with E-state index in [-0.39, 0.29) is 5.91 Å². The van der Waals surface area contributed by atoms with Gasteiger partial charge in [-0.1, -0.05) is 37.3 Å². The van der Waals surface area contributed by atoms with Crippen molar-refractivity contribution in [2.75, 3.05) is 25.0 Å². The smallest absolute Gasteiger partial charge is 0.222 e. The van der Waals surface area contributed by atoms with E-state index in [0.29, 0.717) is 18.4 Å². The minimum atomic E-state index is 0.285. The van der Waals surface area contributed by atoms with Crippen LogP contribution in [-0.4, -0.2) is 47.0 Å². The number of hydrogen-bond acceptors (Lipinski definition) is 3. The fourth-order valence-corrected chi connectivity index (χ4v) is 4.46. The first kappa shape index (κ1) is 19.5. The number of amides is 1. The van der Waals surface area contributed by atoms with Crippen molar-refractivity contribution in [2.45, 2.75) is 38.6 Å². The Labute approximate surface area is 172 Å². The fraction of sp³-hybridized carbons (Fsp3) is 0.417. The molecule has 3 heterocycles. The van der Waals surface area contributed by atoms with Crippen LogP contribution in [0.15, 0.2) is 54.9 Å². The van der Waals surface area contributed by atoms with Crippen molar-refractivity contribution < 1.29 is 4.79 Å². The number of piperidine rings is 1. The molecule has 0 saturated carbocycles. The maximum Gasteiger partial charge on any atom is 0.222 e. The Hall–Kier alpha value is -2.82. The number of H-pyrrole nitrogens is 1. The SMILES string of the molecule is C[C@@H]1CCN(C(=O)CCCc2ccccc2)CC1N(C)c1ccnc2[nH]ccc12. The highest BCUT2D eigenvalue weighted by Gasteiger charge is 2.32. The number of fused-ring (bicyclic) bond motifs is 1. The lowest BCUT2D eigenvalue weighted by atomic mass is 9.91. The second-order valence-electron chi connectivity index (χ2n) is 8.19. The van der Waals surface area contributed by atoms with Gasteiger partial charge in [-0.3, -0.25) is 4.79 Å². The number of rotatable bonds is 6. The number of likely N-dealkylation sites (N-methyl/N-ethyl adjacent to an activating group) is 1. The molecule has 152 valence electrons. The maximum absolute atomic E-state index is 12.9. The predicted octanol–water partition coefficient (Wildman–Crippen LogP) is 4.26. The quantitative estimate of drug-likeness (QED) is 0.684. The molecule has 1 unspecified atom stereocenters. The lowest BCUT2D eigenvalue weighted by molar-refractivity contribution is -0.133. The predicted molar refractivity (Wildman–Crippen MR) is 118 cm³/mol. The molecule has 5 nitrogen and oxygen atoms in total. The van der Waals surface area contributed by atoms with Crippen LogP contribution in [0.3, 0.4) is 0 Å². The summed E-state index contributed by atoms with van der Waals surface area (Å²) in [6, 6.07) is 14.9. The summed E-state index contributed by atoms with van der Waals surface area (Å²) < 4.78 is 0. The third-order valence-corrected chi connectivity index (χ3v) is 6.28. The summed E-state index contributed by atoms with van der Waals surface area (Å²) in [5.41, 5.74) is 3.39. The van der Waals surface area contributed by atoms with Gasteiger partial charge in [-0.2, -0.15) is 0 Å². The minimum absolute atomic E-state index is 0.285. The standard InChI is InChI=1S/C24H30N4O/c1-18-13-16-28(23(29)10-6-9-19-7-4-3-5-8-19)17-22(18)27(2)21-12-15-26-24-20(21)11-14-25-24/h3-5,7-8,11-12,14-15,18,22H,6,9-10,13,16-17H2,1-2H3,(H,25,26)/t18-,22?/m1/s1. The zero-order valence-electron chi connectivity index (χ0n) is 17.3. The number of carbonyl (C=O) groups is 1. The van der Waals surface area contributed by atoms with Gasteiger partial charge < -0.3 is 14.8 Å². The minimum Gasteiger partial charge on any atom is -0.369 e. The zero-order chi connectivity index (χ0) is 20.2. The largest absolute Gasteiger partial charge is 0.369 e. The first-order valence-corrected chi connectivity index (χ1v) is 10.6. The molecule has 2 aromatic heterocycles. The maximum atomic E-state index is 12.9. The van der Waals surface area contributed by atoms with E-state index in [0.717, 1.165) is 43.4 Å². The molecule has 1 fully saturated rings. The van der Waals surface area contributed by atoms with E-state index in [4.69, 9.17) is 0 Å². The molecule has 1 N–H and O–H groups in total. The number of pyridine rings is 1. The number of aromatic nitrogens is 2. The second kappa shape index (κ2) is 8.68. The Bertz CT molecular complexity index is 952. The molecule has 0 bridgehead atoms. The van der Waals surface area contributed by atoms with E-state index in [1.165, 1.54) is 11.3 Å². The second-order valence-corrected chi connectivity index (χ2v) is 8.19. The molecule has 0 spiro atoms. The number of nitrogens with one attached hydrogen (secondary N) is 1. The molecule has 0 aliphatic carbocycles. The van der Waals surface area contributed by atoms with Crippen LogP contribution in [0.2, 0.25) is 0 Å². The lowest BCUT2D eigenvalue weighted by Crippen LogP contribution is -2.52. The molecule has 4 rings (SSSR count). The highest BCUT2D eigenvalue weighted by molar-refractivity contribution is 5.89. The van der Waals surface area contributed by atoms with Crippen molar-refractivity contribution in [3.05, 3.63) is 60.4 Å². The van der Waals surface area contributed by atoms with E-state index in [1.807, 2.05) is 18.5 Å². The molecule has 2 atom stereocenters. The monoisotopic (exact) mass is 390 g/mol. The summed E-state index contributed by atoms with van der Waals surface area (Å²) in [5, 5.41) is 1.13. The first-order valence-electron chi connectivity index (χ1n) is 10.6. The number of carbonyl (C=O) groups excluding carboxylic acids is 1. The van der Waals surface area contributed by atoms with Gasteiger partial charge in [0.1, 0.15) is 5.65 Å². The van der Waals surface area contributed by atoms with Gasteiger partial charge in [0, 0.05) is 56.1 Å². The first-order chi connectivity index (χ1) is 14.1. The Morgan fingerprint density at radius 2 is 2.07 bits per heavy atom. The summed E-state index contributed by atoms with van der Waals surface area (Å²) in [6.07, 6.45) is 7.32. The molecule has 1 aliphatic rings. The summed E-state index contributed by atoms with van der Waals surface area (Å²) in [5.74, 6) is 0.822. The number of likely N-dealkylation sites (tertiary alicyclic amines) is 1. The van der Waals surface area contributed by atoms with Crippen LogP contribution in [0.25, 0.3) is 11.0 Å². The van der Waals surface area contributed by atoms with Crippen LogP contribution in [0, 0.1) is 5.92 Å². The van der Waals surface area contributed by atoms with E-state index >= 15 is 0 Å². The van der Waals surface area contributed by atoms with Crippen LogP contribution in [0.1, 0.15) is 31.7 Å². The summed E-state index contributed by atoms with van der Waals surface area (Å²) in [4.78, 5) is 24.9. The summed E-state index contributed by atoms with van der Waals surface area (Å²) >= 11 is 0. The van der Waals surface area contributed by atoms with Gasteiger partial charge in [0.25, 0.3) is 0 Å². The molecule has 3 aromatic rings. The van der Waals surface area contributed by atoms with Gasteiger partial charge in [-0.15, -0.1) is 0 Å². The molecule has 1 aromatic carbocycles. The van der Waals surface area contributed by atoms with E-state index in [1.54, 1.807) is 0 Å². The van der Waals surface area contributed by atoms with Crippen molar-refractivity contribution in [3.8, 4) is 0 Å². The Morgan fingerprint density at radius 1 is 1.24 bits per heavy atom. The van der Waals surface area contributed by atoms with Crippen molar-refractivity contribution in [1.29, 1.82) is 0 Å². The lowest BCUT2D eigenvalue weighted by Gasteiger charge is -2.42. The highest BCUT2D eigenvalue weighted by Crippen LogP contribution is 2.30. The van der Waals surface area contributed by atoms with E-state index in [2.05, 4.69) is 70.1 Å². The molecule has 5 heteroatoms. The van der Waals surface area contributed by atoms with Gasteiger partial charge in [0.2, 0.25) is 5.91 Å². The number of aryl methyl sites for hydroxylation is 1. The van der Waals surface area contributed by atoms with Gasteiger partial charge in [-0.25, -0.2) is 4.98 Å². The van der Waals surface area contributed by atoms with Gasteiger partial charge >= 0.3 is 0 Å². The molecule has 29 heavy (non-hydrogen) atoms. The average Bonchev–Trinajstić information content (AvgIpc) is 3.23. The van der Waals surface area contributed by atoms with E-state index < -0.39 is 0 Å². The topological polar surface area (TPSA) is 52.2 Å². The normalized spacial score (nSPS) is 19.4. The van der Waals surface area contributed by atoms with Crippen LogP contribution >= 0.6 is 0 Å². The van der Waals surface area contributed by atoms with Crippen molar-refractivity contribution in [3.63, 3.8) is 0 Å². The molecule has 1 amide bonds. The summed E-state index contributed by atoms with van der Waals surface area (Å²) in [6.45, 7) is 3.95. The number of nitrogens with zero attached hydrogens (tertiary/aromatic N) is 3. The molecular weight excluding hydrogens is 360 g/mol. The zero-order valence-corrected chi connectivity index (χ0v) is 17.3. The average molecular weight is 391 g/mol. The Kier molecular flexibility index (Phi) is 5.84. The van der Waals surface area contributed by atoms with Crippen LogP contribution in [0.5, 0.6) is 0 Å². The fourth-order valence-electron chi connectivity index (χ4n) is 4.46. The van der Waals surface area contributed by atoms with E-state index in [9.17, 15) is 4.79 Å². The molecular formula is C24H30N4O. The third kappa shape index (κ3) is 4.29. The third-order valence-electron chi connectivity index (χ3n) is 6.28. The molecule has 1 aliphatic heterocycles. The van der Waals surface area contributed by atoms with Crippen LogP contribution < -0.4 is 4.90 Å².